The highest BCUT2D eigenvalue weighted by Gasteiger charge is 2.04. The van der Waals surface area contributed by atoms with Crippen LogP contribution >= 0.6 is 11.6 Å². The summed E-state index contributed by atoms with van der Waals surface area (Å²) in [5.41, 5.74) is 7.19. The fourth-order valence-corrected chi connectivity index (χ4v) is 1.33. The molecule has 0 aliphatic carbocycles. The average molecular weight is 183 g/mol. The lowest BCUT2D eigenvalue weighted by atomic mass is 10.5. The number of halogens is 1. The summed E-state index contributed by atoms with van der Waals surface area (Å²) >= 11 is 5.82. The lowest BCUT2D eigenvalue weighted by molar-refractivity contribution is 0.884. The van der Waals surface area contributed by atoms with Crippen molar-refractivity contribution in [2.45, 2.75) is 6.92 Å². The second kappa shape index (κ2) is 2.35. The minimum absolute atomic E-state index is 0.187. The number of nitrogens with zero attached hydrogens (tertiary/aromatic N) is 3. The van der Waals surface area contributed by atoms with Crippen LogP contribution in [-0.2, 0) is 0 Å². The number of rotatable bonds is 0. The lowest BCUT2D eigenvalue weighted by Crippen LogP contribution is -2.02. The molecule has 2 rings (SSSR count). The van der Waals surface area contributed by atoms with Crippen LogP contribution in [0.1, 0.15) is 5.69 Å². The third-order valence-electron chi connectivity index (χ3n) is 1.67. The van der Waals surface area contributed by atoms with Gasteiger partial charge in [-0.2, -0.15) is 4.98 Å². The molecule has 0 fully saturated rings. The summed E-state index contributed by atoms with van der Waals surface area (Å²) in [4.78, 5) is 3.83. The van der Waals surface area contributed by atoms with E-state index in [1.54, 1.807) is 4.52 Å². The van der Waals surface area contributed by atoms with Crippen LogP contribution in [0.4, 0.5) is 5.95 Å². The molecule has 0 aliphatic heterocycles. The van der Waals surface area contributed by atoms with E-state index in [0.29, 0.717) is 5.15 Å². The van der Waals surface area contributed by atoms with Gasteiger partial charge in [-0.15, -0.1) is 5.10 Å². The van der Waals surface area contributed by atoms with Gasteiger partial charge in [-0.25, -0.2) is 4.52 Å². The molecule has 2 aromatic rings. The fraction of sp³-hybridized carbons (Fsp3) is 0.143. The van der Waals surface area contributed by atoms with Crippen LogP contribution < -0.4 is 5.73 Å². The minimum atomic E-state index is 0.187. The normalized spacial score (nSPS) is 10.8. The zero-order chi connectivity index (χ0) is 8.72. The molecule has 0 radical (unpaired) electrons. The van der Waals surface area contributed by atoms with Gasteiger partial charge in [0.25, 0.3) is 0 Å². The highest BCUT2D eigenvalue weighted by molar-refractivity contribution is 6.32. The Morgan fingerprint density at radius 3 is 3.00 bits per heavy atom. The minimum Gasteiger partial charge on any atom is -0.366 e. The molecule has 0 unspecified atom stereocenters. The zero-order valence-corrected chi connectivity index (χ0v) is 7.21. The Morgan fingerprint density at radius 1 is 1.50 bits per heavy atom. The van der Waals surface area contributed by atoms with Gasteiger partial charge in [-0.05, 0) is 19.1 Å². The first-order valence-corrected chi connectivity index (χ1v) is 3.83. The second-order valence-corrected chi connectivity index (χ2v) is 2.89. The number of anilines is 1. The van der Waals surface area contributed by atoms with Gasteiger partial charge in [-0.3, -0.25) is 0 Å². The molecule has 12 heavy (non-hydrogen) atoms. The Kier molecular flexibility index (Phi) is 1.44. The topological polar surface area (TPSA) is 56.2 Å². The van der Waals surface area contributed by atoms with Crippen molar-refractivity contribution in [3.05, 3.63) is 23.0 Å². The molecule has 0 spiro atoms. The van der Waals surface area contributed by atoms with Gasteiger partial charge in [0.05, 0.1) is 0 Å². The standard InChI is InChI=1S/C7H7ClN4/c1-4-2-3-5-6(8)10-7(9)11-12(4)5/h2-3H,1H3,(H2,9,11). The molecular weight excluding hydrogens is 176 g/mol. The van der Waals surface area contributed by atoms with Crippen LogP contribution in [0, 0.1) is 6.92 Å². The lowest BCUT2D eigenvalue weighted by Gasteiger charge is -1.98. The SMILES string of the molecule is Cc1ccc2c(Cl)nc(N)nn12. The Bertz CT molecular complexity index is 434. The number of aryl methyl sites for hydroxylation is 1. The Morgan fingerprint density at radius 2 is 2.25 bits per heavy atom. The average Bonchev–Trinajstić information content (AvgIpc) is 2.33. The molecule has 0 aliphatic rings. The number of aromatic nitrogens is 3. The Balaban J connectivity index is 2.92. The van der Waals surface area contributed by atoms with E-state index in [1.807, 2.05) is 19.1 Å². The van der Waals surface area contributed by atoms with E-state index in [-0.39, 0.29) is 5.95 Å². The summed E-state index contributed by atoms with van der Waals surface area (Å²) in [6.07, 6.45) is 0. The fourth-order valence-electron chi connectivity index (χ4n) is 1.10. The summed E-state index contributed by atoms with van der Waals surface area (Å²) in [5.74, 6) is 0.187. The summed E-state index contributed by atoms with van der Waals surface area (Å²) < 4.78 is 1.67. The Hall–Kier alpha value is -1.29. The first-order chi connectivity index (χ1) is 5.68. The van der Waals surface area contributed by atoms with Crippen LogP contribution in [0.3, 0.4) is 0 Å². The summed E-state index contributed by atoms with van der Waals surface area (Å²) in [6, 6.07) is 3.77. The molecule has 0 bridgehead atoms. The second-order valence-electron chi connectivity index (χ2n) is 2.53. The Labute approximate surface area is 74.0 Å². The number of hydrogen-bond acceptors (Lipinski definition) is 3. The van der Waals surface area contributed by atoms with Crippen molar-refractivity contribution < 1.29 is 0 Å². The van der Waals surface area contributed by atoms with Crippen LogP contribution in [-0.4, -0.2) is 14.6 Å². The van der Waals surface area contributed by atoms with Crippen molar-refractivity contribution >= 4 is 23.1 Å². The van der Waals surface area contributed by atoms with Gasteiger partial charge in [0, 0.05) is 5.69 Å². The quantitative estimate of drug-likeness (QED) is 0.668. The van der Waals surface area contributed by atoms with Crippen molar-refractivity contribution in [3.8, 4) is 0 Å². The third kappa shape index (κ3) is 0.921. The van der Waals surface area contributed by atoms with E-state index in [4.69, 9.17) is 17.3 Å². The van der Waals surface area contributed by atoms with Gasteiger partial charge >= 0.3 is 0 Å². The molecule has 0 amide bonds. The summed E-state index contributed by atoms with van der Waals surface area (Å²) in [5, 5.41) is 4.38. The van der Waals surface area contributed by atoms with Gasteiger partial charge in [0.2, 0.25) is 5.95 Å². The van der Waals surface area contributed by atoms with Gasteiger partial charge in [-0.1, -0.05) is 11.6 Å². The summed E-state index contributed by atoms with van der Waals surface area (Å²) in [7, 11) is 0. The van der Waals surface area contributed by atoms with Crippen molar-refractivity contribution in [2.24, 2.45) is 0 Å². The highest BCUT2D eigenvalue weighted by atomic mass is 35.5. The molecule has 2 N–H and O–H groups in total. The molecule has 4 nitrogen and oxygen atoms in total. The first kappa shape index (κ1) is 7.36. The van der Waals surface area contributed by atoms with Crippen LogP contribution in [0.5, 0.6) is 0 Å². The monoisotopic (exact) mass is 182 g/mol. The predicted octanol–water partition coefficient (Wildman–Crippen LogP) is 1.27. The smallest absolute Gasteiger partial charge is 0.239 e. The van der Waals surface area contributed by atoms with Gasteiger partial charge in [0.1, 0.15) is 5.52 Å². The van der Waals surface area contributed by atoms with E-state index in [1.165, 1.54) is 0 Å². The van der Waals surface area contributed by atoms with Crippen LogP contribution in [0.2, 0.25) is 5.15 Å². The maximum Gasteiger partial charge on any atom is 0.239 e. The van der Waals surface area contributed by atoms with Gasteiger partial charge < -0.3 is 5.73 Å². The van der Waals surface area contributed by atoms with E-state index < -0.39 is 0 Å². The van der Waals surface area contributed by atoms with Crippen molar-refractivity contribution in [1.82, 2.24) is 14.6 Å². The van der Waals surface area contributed by atoms with E-state index in [9.17, 15) is 0 Å². The number of fused-ring (bicyclic) bond motifs is 1. The summed E-state index contributed by atoms with van der Waals surface area (Å²) in [6.45, 7) is 1.93. The van der Waals surface area contributed by atoms with E-state index in [2.05, 4.69) is 10.1 Å². The third-order valence-corrected chi connectivity index (χ3v) is 1.95. The zero-order valence-electron chi connectivity index (χ0n) is 6.45. The van der Waals surface area contributed by atoms with E-state index >= 15 is 0 Å². The van der Waals surface area contributed by atoms with Gasteiger partial charge in [0.15, 0.2) is 5.15 Å². The largest absolute Gasteiger partial charge is 0.366 e. The molecule has 5 heteroatoms. The molecule has 0 saturated carbocycles. The molecule has 2 aromatic heterocycles. The maximum absolute atomic E-state index is 5.82. The molecular formula is C7H7ClN4. The van der Waals surface area contributed by atoms with Crippen molar-refractivity contribution in [1.29, 1.82) is 0 Å². The number of nitrogens with two attached hydrogens (primary N) is 1. The highest BCUT2D eigenvalue weighted by Crippen LogP contribution is 2.16. The van der Waals surface area contributed by atoms with Crippen LogP contribution in [0.25, 0.3) is 5.52 Å². The molecule has 62 valence electrons. The molecule has 0 atom stereocenters. The molecule has 0 aromatic carbocycles. The van der Waals surface area contributed by atoms with Crippen LogP contribution in [0.15, 0.2) is 12.1 Å². The number of hydrogen-bond donors (Lipinski definition) is 1. The van der Waals surface area contributed by atoms with Crippen molar-refractivity contribution in [3.63, 3.8) is 0 Å². The first-order valence-electron chi connectivity index (χ1n) is 3.46. The maximum atomic E-state index is 5.82. The molecule has 2 heterocycles. The number of nitrogen functional groups attached to an aromatic ring is 1. The van der Waals surface area contributed by atoms with E-state index in [0.717, 1.165) is 11.2 Å². The van der Waals surface area contributed by atoms with Crippen molar-refractivity contribution in [2.75, 3.05) is 5.73 Å². The predicted molar refractivity (Wildman–Crippen MR) is 47.1 cm³/mol. The molecule has 0 saturated heterocycles.